The Morgan fingerprint density at radius 1 is 1.03 bits per heavy atom. The smallest absolute Gasteiger partial charge is 0.251 e. The second kappa shape index (κ2) is 11.0. The fraction of sp³-hybridized carbons (Fsp3) is 0.323. The summed E-state index contributed by atoms with van der Waals surface area (Å²) in [5.74, 6) is 0.774. The normalized spacial score (nSPS) is 12.9. The van der Waals surface area contributed by atoms with Crippen LogP contribution in [-0.2, 0) is 11.3 Å². The molecule has 0 unspecified atom stereocenters. The lowest BCUT2D eigenvalue weighted by Gasteiger charge is -2.16. The van der Waals surface area contributed by atoms with Gasteiger partial charge in [0.2, 0.25) is 5.88 Å². The maximum absolute atomic E-state index is 13.2. The summed E-state index contributed by atoms with van der Waals surface area (Å²) >= 11 is 0. The first-order valence-electron chi connectivity index (χ1n) is 12.7. The molecule has 0 bridgehead atoms. The lowest BCUT2D eigenvalue weighted by Crippen LogP contribution is -2.26. The van der Waals surface area contributed by atoms with Crippen LogP contribution in [0.15, 0.2) is 60.8 Å². The van der Waals surface area contributed by atoms with Crippen LogP contribution in [0.2, 0.25) is 0 Å². The average molecular weight is 498 g/mol. The van der Waals surface area contributed by atoms with Gasteiger partial charge in [0.05, 0.1) is 6.04 Å². The van der Waals surface area contributed by atoms with Crippen LogP contribution in [0.3, 0.4) is 0 Å². The molecule has 2 heterocycles. The molecule has 192 valence electrons. The number of rotatable bonds is 9. The van der Waals surface area contributed by atoms with Crippen LogP contribution in [-0.4, -0.2) is 27.8 Å². The number of ether oxygens (including phenoxy) is 1. The number of pyridine rings is 1. The number of nitrogens with one attached hydrogen (secondary N) is 1. The van der Waals surface area contributed by atoms with E-state index >= 15 is 0 Å². The third-order valence-corrected chi connectivity index (χ3v) is 6.96. The van der Waals surface area contributed by atoms with Gasteiger partial charge in [-0.15, -0.1) is 0 Å². The van der Waals surface area contributed by atoms with Gasteiger partial charge in [0.25, 0.3) is 5.91 Å². The number of aryl methyl sites for hydroxylation is 1. The zero-order valence-electron chi connectivity index (χ0n) is 22.4. The molecule has 1 amide bonds. The third kappa shape index (κ3) is 5.74. The molecule has 0 aliphatic rings. The molecule has 0 spiro atoms. The predicted molar refractivity (Wildman–Crippen MR) is 147 cm³/mol. The highest BCUT2D eigenvalue weighted by Gasteiger charge is 2.17. The molecule has 2 atom stereocenters. The number of nitrogens with zero attached hydrogens (tertiary/aromatic N) is 2. The second-order valence-electron chi connectivity index (χ2n) is 10.0. The van der Waals surface area contributed by atoms with Crippen molar-refractivity contribution in [1.82, 2.24) is 14.9 Å². The first-order valence-corrected chi connectivity index (χ1v) is 12.7. The van der Waals surface area contributed by atoms with Gasteiger partial charge < -0.3 is 14.6 Å². The highest BCUT2D eigenvalue weighted by atomic mass is 16.5. The molecule has 0 aliphatic carbocycles. The summed E-state index contributed by atoms with van der Waals surface area (Å²) in [5, 5.41) is 4.21. The molecule has 0 fully saturated rings. The van der Waals surface area contributed by atoms with E-state index in [1.54, 1.807) is 13.1 Å². The molecule has 4 rings (SSSR count). The minimum Gasteiger partial charge on any atom is -0.467 e. The molecule has 4 aromatic rings. The first kappa shape index (κ1) is 26.1. The minimum atomic E-state index is -0.550. The van der Waals surface area contributed by atoms with E-state index < -0.39 is 6.10 Å². The van der Waals surface area contributed by atoms with Gasteiger partial charge in [0.15, 0.2) is 12.4 Å². The zero-order chi connectivity index (χ0) is 26.7. The Morgan fingerprint density at radius 3 is 2.51 bits per heavy atom. The molecule has 0 saturated heterocycles. The molecule has 37 heavy (non-hydrogen) atoms. The van der Waals surface area contributed by atoms with Crippen LogP contribution >= 0.6 is 0 Å². The first-order chi connectivity index (χ1) is 17.7. The van der Waals surface area contributed by atoms with E-state index in [-0.39, 0.29) is 11.9 Å². The molecular weight excluding hydrogens is 462 g/mol. The quantitative estimate of drug-likeness (QED) is 0.276. The van der Waals surface area contributed by atoms with Gasteiger partial charge in [0, 0.05) is 41.0 Å². The Kier molecular flexibility index (Phi) is 7.77. The van der Waals surface area contributed by atoms with E-state index in [1.807, 2.05) is 37.3 Å². The van der Waals surface area contributed by atoms with E-state index in [1.165, 1.54) is 5.56 Å². The number of hydrogen-bond acceptors (Lipinski definition) is 4. The summed E-state index contributed by atoms with van der Waals surface area (Å²) < 4.78 is 7.79. The Bertz CT molecular complexity index is 1440. The molecular formula is C31H35N3O3. The van der Waals surface area contributed by atoms with Crippen molar-refractivity contribution in [1.29, 1.82) is 0 Å². The number of amides is 1. The number of hydrogen-bond donors (Lipinski definition) is 1. The summed E-state index contributed by atoms with van der Waals surface area (Å²) in [7, 11) is 0. The number of aromatic nitrogens is 2. The monoisotopic (exact) mass is 497 g/mol. The van der Waals surface area contributed by atoms with Crippen molar-refractivity contribution in [3.05, 3.63) is 94.3 Å². The van der Waals surface area contributed by atoms with Crippen LogP contribution in [0, 0.1) is 13.8 Å². The van der Waals surface area contributed by atoms with E-state index in [4.69, 9.17) is 4.74 Å². The van der Waals surface area contributed by atoms with Crippen molar-refractivity contribution in [2.75, 3.05) is 0 Å². The van der Waals surface area contributed by atoms with Crippen molar-refractivity contribution in [2.24, 2.45) is 0 Å². The van der Waals surface area contributed by atoms with E-state index in [0.29, 0.717) is 23.9 Å². The fourth-order valence-corrected chi connectivity index (χ4v) is 4.56. The summed E-state index contributed by atoms with van der Waals surface area (Å²) in [6.45, 7) is 12.8. The average Bonchev–Trinajstić information content (AvgIpc) is 3.13. The van der Waals surface area contributed by atoms with Crippen molar-refractivity contribution in [2.45, 2.75) is 66.2 Å². The van der Waals surface area contributed by atoms with Crippen molar-refractivity contribution in [3.8, 4) is 5.88 Å². The summed E-state index contributed by atoms with van der Waals surface area (Å²) in [6, 6.07) is 18.0. The highest BCUT2D eigenvalue weighted by molar-refractivity contribution is 5.99. The lowest BCUT2D eigenvalue weighted by molar-refractivity contribution is -0.113. The zero-order valence-corrected chi connectivity index (χ0v) is 22.4. The van der Waals surface area contributed by atoms with Gasteiger partial charge in [-0.3, -0.25) is 9.59 Å². The Morgan fingerprint density at radius 2 is 1.78 bits per heavy atom. The van der Waals surface area contributed by atoms with Gasteiger partial charge in [-0.1, -0.05) is 38.1 Å². The third-order valence-electron chi connectivity index (χ3n) is 6.96. The number of benzene rings is 2. The summed E-state index contributed by atoms with van der Waals surface area (Å²) in [5.41, 5.74) is 7.35. The second-order valence-corrected chi connectivity index (χ2v) is 10.0. The Balaban J connectivity index is 1.57. The van der Waals surface area contributed by atoms with Crippen LogP contribution < -0.4 is 10.1 Å². The number of fused-ring (bicyclic) bond motifs is 1. The van der Waals surface area contributed by atoms with Gasteiger partial charge in [-0.25, -0.2) is 4.98 Å². The SMILES string of the molecule is Cc1c(C)n(Cc2ccnc(O[C@@H](C)C=O)c2)c2ccc(C(=O)N[C@@H](C)c3cccc(C(C)C)c3)cc12. The maximum atomic E-state index is 13.2. The van der Waals surface area contributed by atoms with E-state index in [9.17, 15) is 9.59 Å². The topological polar surface area (TPSA) is 73.2 Å². The minimum absolute atomic E-state index is 0.0885. The molecule has 6 heteroatoms. The number of carbonyl (C=O) groups excluding carboxylic acids is 2. The van der Waals surface area contributed by atoms with Gasteiger partial charge in [-0.05, 0) is 80.1 Å². The van der Waals surface area contributed by atoms with E-state index in [2.05, 4.69) is 66.8 Å². The van der Waals surface area contributed by atoms with Crippen LogP contribution in [0.5, 0.6) is 5.88 Å². The maximum Gasteiger partial charge on any atom is 0.251 e. The van der Waals surface area contributed by atoms with Crippen molar-refractivity contribution in [3.63, 3.8) is 0 Å². The molecule has 1 N–H and O–H groups in total. The van der Waals surface area contributed by atoms with Crippen LogP contribution in [0.1, 0.15) is 78.0 Å². The predicted octanol–water partition coefficient (Wildman–Crippen LogP) is 6.28. The van der Waals surface area contributed by atoms with Gasteiger partial charge in [-0.2, -0.15) is 0 Å². The number of aldehydes is 1. The molecule has 2 aromatic carbocycles. The largest absolute Gasteiger partial charge is 0.467 e. The van der Waals surface area contributed by atoms with Crippen LogP contribution in [0.4, 0.5) is 0 Å². The molecule has 6 nitrogen and oxygen atoms in total. The van der Waals surface area contributed by atoms with Crippen molar-refractivity contribution < 1.29 is 14.3 Å². The lowest BCUT2D eigenvalue weighted by atomic mass is 9.98. The van der Waals surface area contributed by atoms with Gasteiger partial charge >= 0.3 is 0 Å². The highest BCUT2D eigenvalue weighted by Crippen LogP contribution is 2.28. The standard InChI is InChI=1S/C31H35N3O3/c1-19(2)25-8-7-9-26(15-25)22(5)33-31(36)27-10-11-29-28(16-27)21(4)23(6)34(29)17-24-12-13-32-30(14-24)37-20(3)18-35/h7-16,18-20,22H,17H2,1-6H3,(H,33,36)/t20-,22-/m0/s1. The van der Waals surface area contributed by atoms with Crippen LogP contribution in [0.25, 0.3) is 10.9 Å². The van der Waals surface area contributed by atoms with E-state index in [0.717, 1.165) is 39.6 Å². The number of carbonyl (C=O) groups is 2. The molecule has 0 aliphatic heterocycles. The van der Waals surface area contributed by atoms with Crippen molar-refractivity contribution >= 4 is 23.1 Å². The fourth-order valence-electron chi connectivity index (χ4n) is 4.56. The van der Waals surface area contributed by atoms with Gasteiger partial charge in [0.1, 0.15) is 0 Å². The molecule has 0 radical (unpaired) electrons. The Hall–Kier alpha value is -3.93. The molecule has 2 aromatic heterocycles. The molecule has 0 saturated carbocycles. The Labute approximate surface area is 218 Å². The summed E-state index contributed by atoms with van der Waals surface area (Å²) in [4.78, 5) is 28.3. The summed E-state index contributed by atoms with van der Waals surface area (Å²) in [6.07, 6.45) is 1.89.